The van der Waals surface area contributed by atoms with E-state index in [-0.39, 0.29) is 5.91 Å². The molecule has 0 radical (unpaired) electrons. The van der Waals surface area contributed by atoms with Gasteiger partial charge in [-0.3, -0.25) is 9.78 Å². The maximum Gasteiger partial charge on any atom is 0.261 e. The van der Waals surface area contributed by atoms with Gasteiger partial charge in [0.2, 0.25) is 0 Å². The number of hydrogen-bond acceptors (Lipinski definition) is 5. The summed E-state index contributed by atoms with van der Waals surface area (Å²) in [6.07, 6.45) is 6.29. The fraction of sp³-hybridized carbons (Fsp3) is 0.316. The van der Waals surface area contributed by atoms with Gasteiger partial charge in [-0.2, -0.15) is 0 Å². The van der Waals surface area contributed by atoms with Crippen molar-refractivity contribution in [2.45, 2.75) is 33.1 Å². The van der Waals surface area contributed by atoms with Crippen LogP contribution >= 0.6 is 22.7 Å². The Morgan fingerprint density at radius 1 is 1.28 bits per heavy atom. The SMILES string of the molecule is CCc1cc(C(=O)NCCCc2nc(-c3ccncc3)cs2)sc1C. The van der Waals surface area contributed by atoms with E-state index in [0.29, 0.717) is 6.54 Å². The van der Waals surface area contributed by atoms with E-state index in [9.17, 15) is 4.79 Å². The number of carbonyl (C=O) groups is 1. The average molecular weight is 372 g/mol. The summed E-state index contributed by atoms with van der Waals surface area (Å²) >= 11 is 3.24. The standard InChI is InChI=1S/C19H21N3OS2/c1-3-14-11-17(25-13(14)2)19(23)21-8-4-5-18-22-16(12-24-18)15-6-9-20-10-7-15/h6-7,9-12H,3-5,8H2,1-2H3,(H,21,23). The van der Waals surface area contributed by atoms with Crippen LogP contribution in [0.2, 0.25) is 0 Å². The van der Waals surface area contributed by atoms with E-state index < -0.39 is 0 Å². The maximum atomic E-state index is 12.2. The summed E-state index contributed by atoms with van der Waals surface area (Å²) in [6.45, 7) is 4.86. The largest absolute Gasteiger partial charge is 0.351 e. The van der Waals surface area contributed by atoms with E-state index in [4.69, 9.17) is 0 Å². The predicted molar refractivity (Wildman–Crippen MR) is 104 cm³/mol. The Balaban J connectivity index is 1.47. The number of thiophene rings is 1. The summed E-state index contributed by atoms with van der Waals surface area (Å²) in [6, 6.07) is 5.94. The zero-order valence-electron chi connectivity index (χ0n) is 14.4. The molecular weight excluding hydrogens is 350 g/mol. The molecule has 0 fully saturated rings. The van der Waals surface area contributed by atoms with Gasteiger partial charge < -0.3 is 5.32 Å². The minimum atomic E-state index is 0.0319. The monoisotopic (exact) mass is 371 g/mol. The van der Waals surface area contributed by atoms with Gasteiger partial charge in [-0.1, -0.05) is 6.92 Å². The van der Waals surface area contributed by atoms with Crippen LogP contribution in [-0.2, 0) is 12.8 Å². The van der Waals surface area contributed by atoms with Gasteiger partial charge in [-0.25, -0.2) is 4.98 Å². The van der Waals surface area contributed by atoms with Crippen LogP contribution < -0.4 is 5.32 Å². The van der Waals surface area contributed by atoms with Crippen LogP contribution in [0.3, 0.4) is 0 Å². The lowest BCUT2D eigenvalue weighted by Gasteiger charge is -2.02. The Bertz CT molecular complexity index is 839. The molecule has 25 heavy (non-hydrogen) atoms. The lowest BCUT2D eigenvalue weighted by molar-refractivity contribution is 0.0957. The molecule has 1 N–H and O–H groups in total. The Labute approximate surface area is 156 Å². The molecule has 3 aromatic rings. The van der Waals surface area contributed by atoms with E-state index in [1.807, 2.05) is 18.2 Å². The minimum absolute atomic E-state index is 0.0319. The molecule has 0 bridgehead atoms. The number of nitrogens with one attached hydrogen (secondary N) is 1. The molecule has 0 atom stereocenters. The van der Waals surface area contributed by atoms with Crippen LogP contribution in [0, 0.1) is 6.92 Å². The highest BCUT2D eigenvalue weighted by molar-refractivity contribution is 7.14. The second kappa shape index (κ2) is 8.36. The van der Waals surface area contributed by atoms with Gasteiger partial charge in [0.15, 0.2) is 0 Å². The average Bonchev–Trinajstić information content (AvgIpc) is 3.26. The second-order valence-electron chi connectivity index (χ2n) is 5.77. The summed E-state index contributed by atoms with van der Waals surface area (Å²) in [4.78, 5) is 22.9. The molecule has 0 aliphatic heterocycles. The summed E-state index contributed by atoms with van der Waals surface area (Å²) in [7, 11) is 0. The normalized spacial score (nSPS) is 10.8. The number of rotatable bonds is 7. The molecule has 0 aliphatic rings. The second-order valence-corrected chi connectivity index (χ2v) is 7.97. The summed E-state index contributed by atoms with van der Waals surface area (Å²) in [5, 5.41) is 6.18. The van der Waals surface area contributed by atoms with Gasteiger partial charge in [-0.05, 0) is 43.5 Å². The Morgan fingerprint density at radius 3 is 2.80 bits per heavy atom. The molecule has 0 spiro atoms. The highest BCUT2D eigenvalue weighted by atomic mass is 32.1. The molecule has 3 rings (SSSR count). The molecule has 130 valence electrons. The van der Waals surface area contributed by atoms with E-state index >= 15 is 0 Å². The summed E-state index contributed by atoms with van der Waals surface area (Å²) in [5.74, 6) is 0.0319. The van der Waals surface area contributed by atoms with Crippen molar-refractivity contribution >= 4 is 28.6 Å². The Hall–Kier alpha value is -2.05. The number of thiazole rings is 1. The van der Waals surface area contributed by atoms with E-state index in [2.05, 4.69) is 34.5 Å². The van der Waals surface area contributed by atoms with Crippen molar-refractivity contribution in [1.82, 2.24) is 15.3 Å². The summed E-state index contributed by atoms with van der Waals surface area (Å²) in [5.41, 5.74) is 3.35. The number of aryl methyl sites for hydroxylation is 3. The first-order valence-electron chi connectivity index (χ1n) is 8.39. The van der Waals surface area contributed by atoms with Crippen molar-refractivity contribution in [2.24, 2.45) is 0 Å². The molecule has 3 heterocycles. The first-order valence-corrected chi connectivity index (χ1v) is 10.1. The highest BCUT2D eigenvalue weighted by Gasteiger charge is 2.11. The molecule has 6 heteroatoms. The van der Waals surface area contributed by atoms with Crippen molar-refractivity contribution in [3.8, 4) is 11.3 Å². The zero-order chi connectivity index (χ0) is 17.6. The third kappa shape index (κ3) is 4.52. The molecular formula is C19H21N3OS2. The lowest BCUT2D eigenvalue weighted by Crippen LogP contribution is -2.23. The van der Waals surface area contributed by atoms with Crippen molar-refractivity contribution in [3.63, 3.8) is 0 Å². The first-order chi connectivity index (χ1) is 12.2. The zero-order valence-corrected chi connectivity index (χ0v) is 16.0. The number of aromatic nitrogens is 2. The van der Waals surface area contributed by atoms with Crippen molar-refractivity contribution in [3.05, 3.63) is 56.3 Å². The first kappa shape index (κ1) is 17.8. The summed E-state index contributed by atoms with van der Waals surface area (Å²) < 4.78 is 0. The predicted octanol–water partition coefficient (Wildman–Crippen LogP) is 4.50. The van der Waals surface area contributed by atoms with Gasteiger partial charge in [-0.15, -0.1) is 22.7 Å². The van der Waals surface area contributed by atoms with Gasteiger partial charge >= 0.3 is 0 Å². The van der Waals surface area contributed by atoms with Gasteiger partial charge in [0, 0.05) is 41.2 Å². The van der Waals surface area contributed by atoms with Crippen LogP contribution in [0.4, 0.5) is 0 Å². The Morgan fingerprint density at radius 2 is 2.08 bits per heavy atom. The molecule has 0 unspecified atom stereocenters. The molecule has 0 aromatic carbocycles. The minimum Gasteiger partial charge on any atom is -0.351 e. The van der Waals surface area contributed by atoms with Crippen molar-refractivity contribution in [2.75, 3.05) is 6.54 Å². The van der Waals surface area contributed by atoms with E-state index in [1.54, 1.807) is 35.1 Å². The lowest BCUT2D eigenvalue weighted by atomic mass is 10.2. The van der Waals surface area contributed by atoms with Gasteiger partial charge in [0.05, 0.1) is 15.6 Å². The number of pyridine rings is 1. The van der Waals surface area contributed by atoms with E-state index in [0.717, 1.165) is 40.4 Å². The molecule has 0 saturated carbocycles. The van der Waals surface area contributed by atoms with Crippen LogP contribution in [0.1, 0.15) is 38.5 Å². The quantitative estimate of drug-likeness (QED) is 0.622. The fourth-order valence-corrected chi connectivity index (χ4v) is 4.47. The van der Waals surface area contributed by atoms with Crippen molar-refractivity contribution < 1.29 is 4.79 Å². The topological polar surface area (TPSA) is 54.9 Å². The van der Waals surface area contributed by atoms with Crippen LogP contribution in [-0.4, -0.2) is 22.4 Å². The van der Waals surface area contributed by atoms with Gasteiger partial charge in [0.25, 0.3) is 5.91 Å². The smallest absolute Gasteiger partial charge is 0.261 e. The molecule has 0 saturated heterocycles. The van der Waals surface area contributed by atoms with Crippen LogP contribution in [0.5, 0.6) is 0 Å². The molecule has 1 amide bonds. The number of carbonyl (C=O) groups excluding carboxylic acids is 1. The third-order valence-electron chi connectivity index (χ3n) is 4.01. The molecule has 4 nitrogen and oxygen atoms in total. The van der Waals surface area contributed by atoms with Gasteiger partial charge in [0.1, 0.15) is 0 Å². The molecule has 0 aliphatic carbocycles. The third-order valence-corrected chi connectivity index (χ3v) is 6.01. The molecule has 3 aromatic heterocycles. The van der Waals surface area contributed by atoms with Crippen LogP contribution in [0.25, 0.3) is 11.3 Å². The number of hydrogen-bond donors (Lipinski definition) is 1. The van der Waals surface area contributed by atoms with E-state index in [1.165, 1.54) is 10.4 Å². The number of nitrogens with zero attached hydrogens (tertiary/aromatic N) is 2. The Kier molecular flexibility index (Phi) is 5.94. The van der Waals surface area contributed by atoms with Crippen LogP contribution in [0.15, 0.2) is 36.0 Å². The van der Waals surface area contributed by atoms with Crippen molar-refractivity contribution in [1.29, 1.82) is 0 Å². The maximum absolute atomic E-state index is 12.2. The fourth-order valence-electron chi connectivity index (χ4n) is 2.59. The highest BCUT2D eigenvalue weighted by Crippen LogP contribution is 2.23. The number of amides is 1.